The topological polar surface area (TPSA) is 84.7 Å². The summed E-state index contributed by atoms with van der Waals surface area (Å²) in [7, 11) is 1.43. The molecule has 6 nitrogen and oxygen atoms in total. The van der Waals surface area contributed by atoms with Gasteiger partial charge in [-0.15, -0.1) is 0 Å². The van der Waals surface area contributed by atoms with Crippen molar-refractivity contribution in [3.8, 4) is 0 Å². The van der Waals surface area contributed by atoms with E-state index in [2.05, 4.69) is 10.2 Å². The molecule has 0 aromatic heterocycles. The first-order valence-electron chi connectivity index (χ1n) is 11.0. The molecule has 1 unspecified atom stereocenters. The SMILES string of the molecule is COC(=O)C1C[C@H](NC(=O)c2ccc3ccccc3c2N)CN1CC1CCCCC1. The lowest BCUT2D eigenvalue weighted by atomic mass is 9.89. The Balaban J connectivity index is 1.46. The lowest BCUT2D eigenvalue weighted by molar-refractivity contribution is -0.146. The van der Waals surface area contributed by atoms with Crippen molar-refractivity contribution in [2.45, 2.75) is 50.6 Å². The van der Waals surface area contributed by atoms with E-state index < -0.39 is 0 Å². The van der Waals surface area contributed by atoms with Gasteiger partial charge >= 0.3 is 5.97 Å². The molecule has 1 aliphatic heterocycles. The number of methoxy groups -OCH3 is 1. The minimum atomic E-state index is -0.295. The summed E-state index contributed by atoms with van der Waals surface area (Å²) in [4.78, 5) is 27.6. The van der Waals surface area contributed by atoms with E-state index >= 15 is 0 Å². The third kappa shape index (κ3) is 4.29. The normalized spacial score (nSPS) is 22.8. The van der Waals surface area contributed by atoms with E-state index in [9.17, 15) is 9.59 Å². The fourth-order valence-corrected chi connectivity index (χ4v) is 5.05. The van der Waals surface area contributed by atoms with E-state index in [1.807, 2.05) is 30.3 Å². The largest absolute Gasteiger partial charge is 0.468 e. The number of rotatable bonds is 5. The van der Waals surface area contributed by atoms with Crippen LogP contribution in [-0.4, -0.2) is 49.1 Å². The Morgan fingerprint density at radius 2 is 1.90 bits per heavy atom. The zero-order valence-corrected chi connectivity index (χ0v) is 17.6. The molecule has 1 saturated carbocycles. The predicted molar refractivity (Wildman–Crippen MR) is 118 cm³/mol. The molecule has 1 amide bonds. The number of nitrogens with zero attached hydrogens (tertiary/aromatic N) is 1. The fraction of sp³-hybridized carbons (Fsp3) is 0.500. The lowest BCUT2D eigenvalue weighted by Gasteiger charge is -2.29. The zero-order chi connectivity index (χ0) is 21.1. The van der Waals surface area contributed by atoms with Crippen LogP contribution in [0.2, 0.25) is 0 Å². The van der Waals surface area contributed by atoms with E-state index in [1.54, 1.807) is 6.07 Å². The van der Waals surface area contributed by atoms with Crippen LogP contribution in [0.3, 0.4) is 0 Å². The van der Waals surface area contributed by atoms with Crippen molar-refractivity contribution >= 4 is 28.3 Å². The van der Waals surface area contributed by atoms with Gasteiger partial charge < -0.3 is 15.8 Å². The smallest absolute Gasteiger partial charge is 0.323 e. The molecule has 0 spiro atoms. The maximum Gasteiger partial charge on any atom is 0.323 e. The van der Waals surface area contributed by atoms with Gasteiger partial charge in [-0.3, -0.25) is 14.5 Å². The number of ether oxygens (including phenoxy) is 1. The van der Waals surface area contributed by atoms with Gasteiger partial charge in [0, 0.05) is 24.5 Å². The fourth-order valence-electron chi connectivity index (χ4n) is 5.05. The third-order valence-electron chi connectivity index (χ3n) is 6.64. The van der Waals surface area contributed by atoms with Crippen LogP contribution >= 0.6 is 0 Å². The van der Waals surface area contributed by atoms with E-state index in [1.165, 1.54) is 39.2 Å². The Bertz CT molecular complexity index is 923. The van der Waals surface area contributed by atoms with Crippen LogP contribution in [0.4, 0.5) is 5.69 Å². The molecule has 0 bridgehead atoms. The number of nitrogens with two attached hydrogens (primary N) is 1. The highest BCUT2D eigenvalue weighted by atomic mass is 16.5. The average molecular weight is 410 g/mol. The van der Waals surface area contributed by atoms with Gasteiger partial charge in [0.1, 0.15) is 6.04 Å². The van der Waals surface area contributed by atoms with Gasteiger partial charge in [-0.2, -0.15) is 0 Å². The molecule has 2 aliphatic rings. The van der Waals surface area contributed by atoms with Crippen molar-refractivity contribution < 1.29 is 14.3 Å². The summed E-state index contributed by atoms with van der Waals surface area (Å²) in [6, 6.07) is 11.1. The number of hydrogen-bond acceptors (Lipinski definition) is 5. The molecule has 2 aromatic rings. The quantitative estimate of drug-likeness (QED) is 0.584. The summed E-state index contributed by atoms with van der Waals surface area (Å²) in [5.74, 6) is 0.218. The Kier molecular flexibility index (Phi) is 6.23. The number of benzene rings is 2. The molecule has 1 heterocycles. The second-order valence-electron chi connectivity index (χ2n) is 8.65. The molecule has 30 heavy (non-hydrogen) atoms. The van der Waals surface area contributed by atoms with E-state index in [-0.39, 0.29) is 24.0 Å². The molecule has 2 atom stereocenters. The summed E-state index contributed by atoms with van der Waals surface area (Å²) in [6.07, 6.45) is 6.84. The van der Waals surface area contributed by atoms with Crippen LogP contribution in [0, 0.1) is 5.92 Å². The third-order valence-corrected chi connectivity index (χ3v) is 6.64. The maximum atomic E-state index is 13.0. The van der Waals surface area contributed by atoms with Gasteiger partial charge in [0.05, 0.1) is 18.4 Å². The Morgan fingerprint density at radius 3 is 2.67 bits per heavy atom. The predicted octanol–water partition coefficient (Wildman–Crippen LogP) is 3.35. The van der Waals surface area contributed by atoms with Crippen LogP contribution < -0.4 is 11.1 Å². The summed E-state index contributed by atoms with van der Waals surface area (Å²) in [5.41, 5.74) is 7.27. The molecule has 1 aliphatic carbocycles. The first-order chi connectivity index (χ1) is 14.6. The standard InChI is InChI=1S/C24H31N3O3/c1-30-24(29)21-13-18(15-27(21)14-16-7-3-2-4-8-16)26-23(28)20-12-11-17-9-5-6-10-19(17)22(20)25/h5-6,9-12,16,18,21H,2-4,7-8,13-15,25H2,1H3,(H,26,28)/t18-,21?/m0/s1. The summed E-state index contributed by atoms with van der Waals surface area (Å²) in [5, 5.41) is 5.00. The number of likely N-dealkylation sites (tertiary alicyclic amines) is 1. The van der Waals surface area contributed by atoms with Gasteiger partial charge in [0.2, 0.25) is 0 Å². The molecule has 0 radical (unpaired) electrons. The molecular formula is C24H31N3O3. The number of nitrogen functional groups attached to an aromatic ring is 1. The number of carbonyl (C=O) groups is 2. The highest BCUT2D eigenvalue weighted by molar-refractivity contribution is 6.07. The van der Waals surface area contributed by atoms with Gasteiger partial charge in [0.25, 0.3) is 5.91 Å². The van der Waals surface area contributed by atoms with Gasteiger partial charge in [-0.25, -0.2) is 0 Å². The molecule has 6 heteroatoms. The van der Waals surface area contributed by atoms with Crippen molar-refractivity contribution in [2.24, 2.45) is 5.92 Å². The van der Waals surface area contributed by atoms with Crippen molar-refractivity contribution in [2.75, 3.05) is 25.9 Å². The average Bonchev–Trinajstić information content (AvgIpc) is 3.16. The van der Waals surface area contributed by atoms with E-state index in [0.29, 0.717) is 30.1 Å². The first-order valence-corrected chi connectivity index (χ1v) is 11.0. The molecular weight excluding hydrogens is 378 g/mol. The van der Waals surface area contributed by atoms with Crippen molar-refractivity contribution in [3.63, 3.8) is 0 Å². The lowest BCUT2D eigenvalue weighted by Crippen LogP contribution is -2.41. The van der Waals surface area contributed by atoms with Gasteiger partial charge in [-0.05, 0) is 36.6 Å². The number of carbonyl (C=O) groups excluding carboxylic acids is 2. The number of hydrogen-bond donors (Lipinski definition) is 2. The first kappa shape index (κ1) is 20.7. The van der Waals surface area contributed by atoms with Crippen LogP contribution in [0.25, 0.3) is 10.8 Å². The van der Waals surface area contributed by atoms with Crippen LogP contribution in [-0.2, 0) is 9.53 Å². The zero-order valence-electron chi connectivity index (χ0n) is 17.6. The highest BCUT2D eigenvalue weighted by Gasteiger charge is 2.39. The second kappa shape index (κ2) is 9.04. The highest BCUT2D eigenvalue weighted by Crippen LogP contribution is 2.29. The van der Waals surface area contributed by atoms with Crippen molar-refractivity contribution in [3.05, 3.63) is 42.0 Å². The summed E-state index contributed by atoms with van der Waals surface area (Å²) in [6.45, 7) is 1.56. The van der Waals surface area contributed by atoms with Crippen molar-refractivity contribution in [1.29, 1.82) is 0 Å². The van der Waals surface area contributed by atoms with Gasteiger partial charge in [0.15, 0.2) is 0 Å². The number of amides is 1. The summed E-state index contributed by atoms with van der Waals surface area (Å²) < 4.78 is 5.05. The molecule has 4 rings (SSSR count). The maximum absolute atomic E-state index is 13.0. The minimum Gasteiger partial charge on any atom is -0.468 e. The van der Waals surface area contributed by atoms with Crippen LogP contribution in [0.5, 0.6) is 0 Å². The Labute approximate surface area is 177 Å². The minimum absolute atomic E-state index is 0.101. The summed E-state index contributed by atoms with van der Waals surface area (Å²) >= 11 is 0. The number of anilines is 1. The van der Waals surface area contributed by atoms with E-state index in [0.717, 1.165) is 17.3 Å². The van der Waals surface area contributed by atoms with Gasteiger partial charge in [-0.1, -0.05) is 49.6 Å². The van der Waals surface area contributed by atoms with E-state index in [4.69, 9.17) is 10.5 Å². The number of fused-ring (bicyclic) bond motifs is 1. The number of nitrogens with one attached hydrogen (secondary N) is 1. The monoisotopic (exact) mass is 409 g/mol. The molecule has 2 aromatic carbocycles. The Hall–Kier alpha value is -2.60. The second-order valence-corrected chi connectivity index (χ2v) is 8.65. The van der Waals surface area contributed by atoms with Crippen LogP contribution in [0.1, 0.15) is 48.9 Å². The number of esters is 1. The Morgan fingerprint density at radius 1 is 1.13 bits per heavy atom. The van der Waals surface area contributed by atoms with Crippen molar-refractivity contribution in [1.82, 2.24) is 10.2 Å². The van der Waals surface area contributed by atoms with Crippen LogP contribution in [0.15, 0.2) is 36.4 Å². The molecule has 160 valence electrons. The molecule has 3 N–H and O–H groups in total. The molecule has 1 saturated heterocycles. The molecule has 2 fully saturated rings.